The standard InChI is InChI=1S/C24H18BrN3O6S/c1-13-3-4-15(9-14(13)2)26-22(29)12-27-23(30)21(35-24(27)31)11-17-6-8-20(34-17)18-7-5-16(28(32)33)10-19(18)25/h3-11H,12H2,1-2H3,(H,26,29)/b21-11+. The summed E-state index contributed by atoms with van der Waals surface area (Å²) in [5.74, 6) is -0.342. The van der Waals surface area contributed by atoms with Gasteiger partial charge in [0.2, 0.25) is 5.91 Å². The van der Waals surface area contributed by atoms with Gasteiger partial charge in [-0.15, -0.1) is 0 Å². The second-order valence-corrected chi connectivity index (χ2v) is 9.59. The Hall–Kier alpha value is -3.70. The number of non-ortho nitro benzene ring substituents is 1. The van der Waals surface area contributed by atoms with E-state index in [4.69, 9.17) is 4.42 Å². The first-order valence-corrected chi connectivity index (χ1v) is 11.9. The summed E-state index contributed by atoms with van der Waals surface area (Å²) in [6.45, 7) is 3.47. The quantitative estimate of drug-likeness (QED) is 0.228. The molecule has 9 nitrogen and oxygen atoms in total. The molecule has 0 bridgehead atoms. The normalized spacial score (nSPS) is 14.6. The monoisotopic (exact) mass is 555 g/mol. The minimum atomic E-state index is -0.593. The summed E-state index contributed by atoms with van der Waals surface area (Å²) in [7, 11) is 0. The fourth-order valence-electron chi connectivity index (χ4n) is 3.32. The summed E-state index contributed by atoms with van der Waals surface area (Å²) in [6, 6.07) is 13.0. The van der Waals surface area contributed by atoms with Crippen LogP contribution in [0.2, 0.25) is 0 Å². The number of nitro groups is 1. The Morgan fingerprint density at radius 1 is 1.14 bits per heavy atom. The van der Waals surface area contributed by atoms with Gasteiger partial charge in [-0.3, -0.25) is 29.4 Å². The molecular weight excluding hydrogens is 538 g/mol. The Kier molecular flexibility index (Phi) is 6.90. The number of nitrogens with one attached hydrogen (secondary N) is 1. The Labute approximate surface area is 212 Å². The number of carbonyl (C=O) groups excluding carboxylic acids is 3. The molecule has 3 aromatic rings. The average Bonchev–Trinajstić information content (AvgIpc) is 3.36. The first-order chi connectivity index (χ1) is 16.6. The van der Waals surface area contributed by atoms with Gasteiger partial charge in [0, 0.05) is 33.9 Å². The van der Waals surface area contributed by atoms with E-state index in [0.717, 1.165) is 27.8 Å². The molecule has 1 N–H and O–H groups in total. The van der Waals surface area contributed by atoms with Crippen molar-refractivity contribution in [2.75, 3.05) is 11.9 Å². The number of anilines is 1. The Bertz CT molecular complexity index is 1410. The fourth-order valence-corrected chi connectivity index (χ4v) is 4.70. The maximum absolute atomic E-state index is 12.8. The summed E-state index contributed by atoms with van der Waals surface area (Å²) in [5, 5.41) is 13.1. The molecule has 1 aliphatic heterocycles. The number of hydrogen-bond donors (Lipinski definition) is 1. The van der Waals surface area contributed by atoms with E-state index in [2.05, 4.69) is 21.2 Å². The second-order valence-electron chi connectivity index (χ2n) is 7.74. The van der Waals surface area contributed by atoms with Crippen molar-refractivity contribution in [1.29, 1.82) is 0 Å². The van der Waals surface area contributed by atoms with Gasteiger partial charge in [0.05, 0.1) is 9.83 Å². The van der Waals surface area contributed by atoms with Crippen LogP contribution < -0.4 is 5.32 Å². The number of nitrogens with zero attached hydrogens (tertiary/aromatic N) is 2. The number of hydrogen-bond acceptors (Lipinski definition) is 7. The number of benzene rings is 2. The minimum Gasteiger partial charge on any atom is -0.457 e. The minimum absolute atomic E-state index is 0.0670. The smallest absolute Gasteiger partial charge is 0.294 e. The number of nitro benzene ring substituents is 1. The molecule has 0 aliphatic carbocycles. The van der Waals surface area contributed by atoms with E-state index in [1.165, 1.54) is 18.2 Å². The van der Waals surface area contributed by atoms with Crippen molar-refractivity contribution in [3.8, 4) is 11.3 Å². The lowest BCUT2D eigenvalue weighted by Crippen LogP contribution is -2.36. The Morgan fingerprint density at radius 2 is 1.91 bits per heavy atom. The predicted octanol–water partition coefficient (Wildman–Crippen LogP) is 5.91. The van der Waals surface area contributed by atoms with E-state index < -0.39 is 28.5 Å². The maximum Gasteiger partial charge on any atom is 0.294 e. The van der Waals surface area contributed by atoms with Gasteiger partial charge in [-0.25, -0.2) is 0 Å². The highest BCUT2D eigenvalue weighted by atomic mass is 79.9. The summed E-state index contributed by atoms with van der Waals surface area (Å²) >= 11 is 4.02. The van der Waals surface area contributed by atoms with Gasteiger partial charge < -0.3 is 9.73 Å². The molecule has 0 radical (unpaired) electrons. The molecule has 3 amide bonds. The van der Waals surface area contributed by atoms with Crippen molar-refractivity contribution < 1.29 is 23.7 Å². The van der Waals surface area contributed by atoms with Crippen molar-refractivity contribution in [3.63, 3.8) is 0 Å². The lowest BCUT2D eigenvalue weighted by molar-refractivity contribution is -0.384. The average molecular weight is 556 g/mol. The van der Waals surface area contributed by atoms with Crippen molar-refractivity contribution in [2.45, 2.75) is 13.8 Å². The van der Waals surface area contributed by atoms with Gasteiger partial charge in [-0.2, -0.15) is 0 Å². The highest BCUT2D eigenvalue weighted by Crippen LogP contribution is 2.35. The molecule has 2 aromatic carbocycles. The molecule has 178 valence electrons. The maximum atomic E-state index is 12.8. The van der Waals surface area contributed by atoms with E-state index in [-0.39, 0.29) is 10.6 Å². The van der Waals surface area contributed by atoms with Crippen LogP contribution >= 0.6 is 27.7 Å². The highest BCUT2D eigenvalue weighted by Gasteiger charge is 2.36. The third-order valence-electron chi connectivity index (χ3n) is 5.30. The molecule has 0 saturated carbocycles. The second kappa shape index (κ2) is 9.88. The largest absolute Gasteiger partial charge is 0.457 e. The summed E-state index contributed by atoms with van der Waals surface area (Å²) in [4.78, 5) is 49.0. The number of halogens is 1. The molecule has 1 saturated heterocycles. The zero-order valence-corrected chi connectivity index (χ0v) is 20.9. The van der Waals surface area contributed by atoms with Crippen LogP contribution in [0.25, 0.3) is 17.4 Å². The van der Waals surface area contributed by atoms with Crippen LogP contribution in [0.5, 0.6) is 0 Å². The molecule has 4 rings (SSSR count). The molecule has 2 heterocycles. The van der Waals surface area contributed by atoms with Crippen LogP contribution in [0.15, 0.2) is 62.3 Å². The van der Waals surface area contributed by atoms with Crippen LogP contribution in [0.4, 0.5) is 16.2 Å². The number of imide groups is 1. The molecule has 35 heavy (non-hydrogen) atoms. The summed E-state index contributed by atoms with van der Waals surface area (Å²) < 4.78 is 6.24. The molecule has 11 heteroatoms. The van der Waals surface area contributed by atoms with Gasteiger partial charge in [0.1, 0.15) is 18.1 Å². The Morgan fingerprint density at radius 3 is 2.60 bits per heavy atom. The van der Waals surface area contributed by atoms with Crippen molar-refractivity contribution in [1.82, 2.24) is 4.90 Å². The van der Waals surface area contributed by atoms with E-state index in [1.54, 1.807) is 24.3 Å². The zero-order valence-electron chi connectivity index (χ0n) is 18.5. The molecule has 1 aromatic heterocycles. The number of aryl methyl sites for hydroxylation is 2. The van der Waals surface area contributed by atoms with E-state index in [0.29, 0.717) is 27.2 Å². The fraction of sp³-hybridized carbons (Fsp3) is 0.125. The van der Waals surface area contributed by atoms with Gasteiger partial charge in [0.25, 0.3) is 16.8 Å². The molecule has 1 aliphatic rings. The van der Waals surface area contributed by atoms with E-state index in [9.17, 15) is 24.5 Å². The SMILES string of the molecule is Cc1ccc(NC(=O)CN2C(=O)S/C(=C/c3ccc(-c4ccc([N+](=O)[O-])cc4Br)o3)C2=O)cc1C. The Balaban J connectivity index is 1.46. The first-order valence-electron chi connectivity index (χ1n) is 10.3. The van der Waals surface area contributed by atoms with E-state index in [1.807, 2.05) is 26.0 Å². The molecule has 0 spiro atoms. The van der Waals surface area contributed by atoms with E-state index >= 15 is 0 Å². The highest BCUT2D eigenvalue weighted by molar-refractivity contribution is 9.10. The van der Waals surface area contributed by atoms with Crippen molar-refractivity contribution >= 4 is 62.2 Å². The topological polar surface area (TPSA) is 123 Å². The third kappa shape index (κ3) is 5.36. The molecule has 0 atom stereocenters. The van der Waals surface area contributed by atoms with Crippen LogP contribution in [-0.2, 0) is 9.59 Å². The molecule has 0 unspecified atom stereocenters. The number of rotatable bonds is 6. The van der Waals surface area contributed by atoms with Crippen molar-refractivity contribution in [2.24, 2.45) is 0 Å². The molecule has 1 fully saturated rings. The number of carbonyl (C=O) groups is 3. The third-order valence-corrected chi connectivity index (χ3v) is 6.86. The van der Waals surface area contributed by atoms with Gasteiger partial charge in [-0.1, -0.05) is 6.07 Å². The number of furan rings is 1. The summed E-state index contributed by atoms with van der Waals surface area (Å²) in [5.41, 5.74) is 3.20. The van der Waals surface area contributed by atoms with Gasteiger partial charge in [-0.05, 0) is 83.0 Å². The molecular formula is C24H18BrN3O6S. The lowest BCUT2D eigenvalue weighted by atomic mass is 10.1. The van der Waals surface area contributed by atoms with Gasteiger partial charge in [0.15, 0.2) is 0 Å². The van der Waals surface area contributed by atoms with Crippen LogP contribution in [-0.4, -0.2) is 33.4 Å². The zero-order chi connectivity index (χ0) is 25.3. The van der Waals surface area contributed by atoms with Crippen LogP contribution in [0.1, 0.15) is 16.9 Å². The number of amides is 3. The predicted molar refractivity (Wildman–Crippen MR) is 136 cm³/mol. The number of thioether (sulfide) groups is 1. The summed E-state index contributed by atoms with van der Waals surface area (Å²) in [6.07, 6.45) is 1.43. The lowest BCUT2D eigenvalue weighted by Gasteiger charge is -2.13. The van der Waals surface area contributed by atoms with Crippen molar-refractivity contribution in [3.05, 3.63) is 84.9 Å². The first kappa shape index (κ1) is 24.4. The van der Waals surface area contributed by atoms with Gasteiger partial charge >= 0.3 is 0 Å². The van der Waals surface area contributed by atoms with Crippen LogP contribution in [0, 0.1) is 24.0 Å². The van der Waals surface area contributed by atoms with Crippen LogP contribution in [0.3, 0.4) is 0 Å².